The monoisotopic (exact) mass is 343 g/mol. The van der Waals surface area contributed by atoms with Gasteiger partial charge in [-0.05, 0) is 25.1 Å². The molecule has 0 spiro atoms. The number of amidine groups is 1. The van der Waals surface area contributed by atoms with Crippen LogP contribution in [-0.2, 0) is 15.1 Å². The summed E-state index contributed by atoms with van der Waals surface area (Å²) in [5.74, 6) is -1.95. The van der Waals surface area contributed by atoms with Crippen molar-refractivity contribution >= 4 is 28.6 Å². The van der Waals surface area contributed by atoms with Gasteiger partial charge in [0.15, 0.2) is 5.17 Å². The van der Waals surface area contributed by atoms with E-state index in [9.17, 15) is 13.6 Å². The summed E-state index contributed by atoms with van der Waals surface area (Å²) < 4.78 is 32.1. The summed E-state index contributed by atoms with van der Waals surface area (Å²) in [7, 11) is 1.24. The van der Waals surface area contributed by atoms with E-state index in [1.165, 1.54) is 19.2 Å². The summed E-state index contributed by atoms with van der Waals surface area (Å²) in [6, 6.07) is 3.85. The van der Waals surface area contributed by atoms with Gasteiger partial charge in [-0.1, -0.05) is 18.7 Å². The minimum atomic E-state index is -1.64. The molecule has 0 aliphatic carbocycles. The Kier molecular flexibility index (Phi) is 4.57. The summed E-state index contributed by atoms with van der Waals surface area (Å²) in [6.07, 6.45) is 0. The van der Waals surface area contributed by atoms with Crippen LogP contribution in [0.15, 0.2) is 23.2 Å². The van der Waals surface area contributed by atoms with Crippen molar-refractivity contribution in [2.75, 3.05) is 19.5 Å². The van der Waals surface area contributed by atoms with Gasteiger partial charge < -0.3 is 16.2 Å². The van der Waals surface area contributed by atoms with Gasteiger partial charge in [-0.3, -0.25) is 4.79 Å². The zero-order valence-electron chi connectivity index (χ0n) is 13.1. The summed E-state index contributed by atoms with van der Waals surface area (Å²) in [6.45, 7) is 2.19. The Morgan fingerprint density at radius 3 is 2.70 bits per heavy atom. The van der Waals surface area contributed by atoms with E-state index in [0.717, 1.165) is 17.8 Å². The largest absolute Gasteiger partial charge is 0.468 e. The molecule has 0 fully saturated rings. The molecule has 23 heavy (non-hydrogen) atoms. The molecule has 1 aliphatic rings. The SMILES string of the molecule is COC(=O)[C@@]1(C)SC(N)=N[C@](CF)(c2cc(N)ccc2F)C1C. The van der Waals surface area contributed by atoms with E-state index in [2.05, 4.69) is 4.99 Å². The number of ether oxygens (including phenoxy) is 1. The molecule has 1 heterocycles. The quantitative estimate of drug-likeness (QED) is 0.648. The van der Waals surface area contributed by atoms with Crippen LogP contribution in [0.4, 0.5) is 14.5 Å². The predicted molar refractivity (Wildman–Crippen MR) is 87.3 cm³/mol. The lowest BCUT2D eigenvalue weighted by molar-refractivity contribution is -0.145. The molecule has 0 aromatic heterocycles. The second-order valence-electron chi connectivity index (χ2n) is 5.67. The topological polar surface area (TPSA) is 90.7 Å². The number of esters is 1. The molecule has 0 saturated heterocycles. The number of hydrogen-bond acceptors (Lipinski definition) is 6. The number of halogens is 2. The molecular formula is C15H19F2N3O2S. The van der Waals surface area contributed by atoms with Gasteiger partial charge in [0.2, 0.25) is 0 Å². The number of carbonyl (C=O) groups excluding carboxylic acids is 1. The minimum Gasteiger partial charge on any atom is -0.468 e. The van der Waals surface area contributed by atoms with Gasteiger partial charge >= 0.3 is 5.97 Å². The zero-order valence-corrected chi connectivity index (χ0v) is 13.9. The zero-order chi connectivity index (χ0) is 17.4. The highest BCUT2D eigenvalue weighted by molar-refractivity contribution is 8.15. The van der Waals surface area contributed by atoms with E-state index in [1.54, 1.807) is 13.8 Å². The second kappa shape index (κ2) is 5.99. The molecule has 3 atom stereocenters. The highest BCUT2D eigenvalue weighted by Gasteiger charge is 2.57. The number of thioether (sulfide) groups is 1. The first-order valence-electron chi connectivity index (χ1n) is 6.95. The van der Waals surface area contributed by atoms with Crippen LogP contribution in [0.25, 0.3) is 0 Å². The smallest absolute Gasteiger partial charge is 0.322 e. The predicted octanol–water partition coefficient (Wildman–Crippen LogP) is 2.20. The van der Waals surface area contributed by atoms with Crippen molar-refractivity contribution in [1.29, 1.82) is 0 Å². The first-order chi connectivity index (χ1) is 10.7. The van der Waals surface area contributed by atoms with Gasteiger partial charge in [0.25, 0.3) is 0 Å². The molecule has 1 aromatic carbocycles. The summed E-state index contributed by atoms with van der Waals surface area (Å²) in [5, 5.41) is -0.00419. The molecule has 1 aromatic rings. The maximum atomic E-state index is 14.4. The van der Waals surface area contributed by atoms with Crippen molar-refractivity contribution in [1.82, 2.24) is 0 Å². The minimum absolute atomic E-state index is 0.00419. The van der Waals surface area contributed by atoms with Crippen LogP contribution >= 0.6 is 11.8 Å². The highest BCUT2D eigenvalue weighted by Crippen LogP contribution is 2.51. The van der Waals surface area contributed by atoms with Crippen molar-refractivity contribution < 1.29 is 18.3 Å². The first-order valence-corrected chi connectivity index (χ1v) is 7.77. The molecule has 2 rings (SSSR count). The second-order valence-corrected chi connectivity index (χ2v) is 7.14. The van der Waals surface area contributed by atoms with E-state index >= 15 is 0 Å². The summed E-state index contributed by atoms with van der Waals surface area (Å²) in [4.78, 5) is 16.4. The number of rotatable bonds is 3. The Labute approximate surface area is 137 Å². The van der Waals surface area contributed by atoms with Gasteiger partial charge in [-0.2, -0.15) is 0 Å². The molecule has 1 unspecified atom stereocenters. The third-order valence-electron chi connectivity index (χ3n) is 4.42. The van der Waals surface area contributed by atoms with E-state index in [-0.39, 0.29) is 16.4 Å². The average Bonchev–Trinajstić information content (AvgIpc) is 2.52. The van der Waals surface area contributed by atoms with Crippen molar-refractivity contribution in [2.24, 2.45) is 16.6 Å². The van der Waals surface area contributed by atoms with Crippen LogP contribution in [0.5, 0.6) is 0 Å². The van der Waals surface area contributed by atoms with E-state index in [1.807, 2.05) is 0 Å². The van der Waals surface area contributed by atoms with Crippen molar-refractivity contribution in [3.8, 4) is 0 Å². The van der Waals surface area contributed by atoms with Crippen molar-refractivity contribution in [3.63, 3.8) is 0 Å². The Balaban J connectivity index is 2.71. The molecule has 4 N–H and O–H groups in total. The lowest BCUT2D eigenvalue weighted by atomic mass is 9.73. The van der Waals surface area contributed by atoms with Gasteiger partial charge in [-0.15, -0.1) is 0 Å². The molecule has 0 radical (unpaired) electrons. The number of carbonyl (C=O) groups is 1. The van der Waals surface area contributed by atoms with Gasteiger partial charge in [-0.25, -0.2) is 13.8 Å². The third-order valence-corrected chi connectivity index (χ3v) is 5.66. The number of hydrogen-bond donors (Lipinski definition) is 2. The molecule has 5 nitrogen and oxygen atoms in total. The Hall–Kier alpha value is -1.83. The van der Waals surface area contributed by atoms with Gasteiger partial charge in [0, 0.05) is 17.2 Å². The molecule has 1 aliphatic heterocycles. The number of nitrogens with zero attached hydrogens (tertiary/aromatic N) is 1. The molecule has 0 bridgehead atoms. The molecule has 0 amide bonds. The molecular weight excluding hydrogens is 324 g/mol. The number of nitrogens with two attached hydrogens (primary N) is 2. The van der Waals surface area contributed by atoms with Crippen molar-refractivity contribution in [2.45, 2.75) is 24.1 Å². The number of methoxy groups -OCH3 is 1. The first kappa shape index (κ1) is 17.5. The van der Waals surface area contributed by atoms with Crippen LogP contribution in [0, 0.1) is 11.7 Å². The van der Waals surface area contributed by atoms with E-state index < -0.39 is 34.7 Å². The number of anilines is 1. The molecule has 126 valence electrons. The Morgan fingerprint density at radius 1 is 1.48 bits per heavy atom. The number of alkyl halides is 1. The van der Waals surface area contributed by atoms with Gasteiger partial charge in [0.05, 0.1) is 7.11 Å². The fourth-order valence-electron chi connectivity index (χ4n) is 2.88. The third kappa shape index (κ3) is 2.65. The number of aliphatic imine (C=N–C) groups is 1. The normalized spacial score (nSPS) is 30.7. The van der Waals surface area contributed by atoms with Gasteiger partial charge in [0.1, 0.15) is 22.8 Å². The molecule has 8 heteroatoms. The summed E-state index contributed by atoms with van der Waals surface area (Å²) >= 11 is 0.985. The average molecular weight is 343 g/mol. The fourth-order valence-corrected chi connectivity index (χ4v) is 4.07. The summed E-state index contributed by atoms with van der Waals surface area (Å²) in [5.41, 5.74) is 10.2. The van der Waals surface area contributed by atoms with E-state index in [4.69, 9.17) is 16.2 Å². The Bertz CT molecular complexity index is 670. The standard InChI is InChI=1S/C15H19F2N3O2S/c1-8-14(2,12(21)22-3)23-13(19)20-15(8,7-16)10-6-9(18)4-5-11(10)17/h4-6,8H,7,18H2,1-3H3,(H2,19,20)/t8?,14-,15-/m0/s1. The Morgan fingerprint density at radius 2 is 2.13 bits per heavy atom. The van der Waals surface area contributed by atoms with Crippen LogP contribution in [0.3, 0.4) is 0 Å². The lowest BCUT2D eigenvalue weighted by Gasteiger charge is -2.46. The van der Waals surface area contributed by atoms with Crippen LogP contribution in [0.2, 0.25) is 0 Å². The van der Waals surface area contributed by atoms with Crippen LogP contribution in [-0.4, -0.2) is 29.7 Å². The van der Waals surface area contributed by atoms with Crippen molar-refractivity contribution in [3.05, 3.63) is 29.6 Å². The molecule has 0 saturated carbocycles. The van der Waals surface area contributed by atoms with Crippen LogP contribution in [0.1, 0.15) is 19.4 Å². The van der Waals surface area contributed by atoms with E-state index in [0.29, 0.717) is 0 Å². The highest BCUT2D eigenvalue weighted by atomic mass is 32.2. The number of nitrogen functional groups attached to an aromatic ring is 1. The maximum Gasteiger partial charge on any atom is 0.322 e. The maximum absolute atomic E-state index is 14.4. The van der Waals surface area contributed by atoms with Crippen LogP contribution < -0.4 is 11.5 Å². The lowest BCUT2D eigenvalue weighted by Crippen LogP contribution is -2.55. The number of benzene rings is 1. The fraction of sp³-hybridized carbons (Fsp3) is 0.467.